The van der Waals surface area contributed by atoms with Crippen molar-refractivity contribution in [2.24, 2.45) is 10.2 Å². The maximum Gasteiger partial charge on any atom is 0.270 e. The van der Waals surface area contributed by atoms with Crippen LogP contribution < -0.4 is 0 Å². The molecule has 0 aliphatic carbocycles. The van der Waals surface area contributed by atoms with E-state index < -0.39 is 4.92 Å². The molecule has 0 spiro atoms. The van der Waals surface area contributed by atoms with Gasteiger partial charge in [-0.15, -0.1) is 5.10 Å². The van der Waals surface area contributed by atoms with Crippen LogP contribution in [0, 0.1) is 17.0 Å². The lowest BCUT2D eigenvalue weighted by molar-refractivity contribution is -0.384. The first-order chi connectivity index (χ1) is 15.5. The summed E-state index contributed by atoms with van der Waals surface area (Å²) in [5.74, 6) is 0.328. The van der Waals surface area contributed by atoms with Crippen molar-refractivity contribution in [3.8, 4) is 0 Å². The summed E-state index contributed by atoms with van der Waals surface area (Å²) in [5, 5.41) is 19.9. The molecule has 0 radical (unpaired) electrons. The van der Waals surface area contributed by atoms with Crippen LogP contribution in [-0.4, -0.2) is 27.1 Å². The third kappa shape index (κ3) is 4.84. The molecular weight excluding hydrogens is 428 g/mol. The monoisotopic (exact) mass is 446 g/mol. The molecule has 1 aromatic heterocycles. The van der Waals surface area contributed by atoms with Gasteiger partial charge in [0.05, 0.1) is 28.9 Å². The number of furan rings is 1. The van der Waals surface area contributed by atoms with Crippen LogP contribution in [0.5, 0.6) is 0 Å². The van der Waals surface area contributed by atoms with Crippen LogP contribution >= 0.6 is 11.8 Å². The highest BCUT2D eigenvalue weighted by Gasteiger charge is 2.34. The third-order valence-electron chi connectivity index (χ3n) is 4.69. The van der Waals surface area contributed by atoms with Crippen molar-refractivity contribution < 1.29 is 14.1 Å². The Kier molecular flexibility index (Phi) is 6.27. The minimum atomic E-state index is -0.470. The van der Waals surface area contributed by atoms with Gasteiger partial charge in [0.15, 0.2) is 5.17 Å². The lowest BCUT2D eigenvalue weighted by Crippen LogP contribution is -2.28. The van der Waals surface area contributed by atoms with E-state index in [4.69, 9.17) is 4.42 Å². The van der Waals surface area contributed by atoms with Crippen molar-refractivity contribution in [3.63, 3.8) is 0 Å². The summed E-state index contributed by atoms with van der Waals surface area (Å²) in [6, 6.07) is 17.4. The molecule has 160 valence electrons. The fraction of sp³-hybridized carbons (Fsp3) is 0.0870. The van der Waals surface area contributed by atoms with Gasteiger partial charge in [-0.1, -0.05) is 36.4 Å². The number of amides is 1. The van der Waals surface area contributed by atoms with Gasteiger partial charge in [-0.3, -0.25) is 19.8 Å². The van der Waals surface area contributed by atoms with E-state index in [1.165, 1.54) is 23.3 Å². The highest BCUT2D eigenvalue weighted by atomic mass is 32.2. The van der Waals surface area contributed by atoms with Crippen LogP contribution in [0.4, 0.5) is 5.69 Å². The van der Waals surface area contributed by atoms with Crippen molar-refractivity contribution in [2.45, 2.75) is 13.5 Å². The number of rotatable bonds is 6. The lowest BCUT2D eigenvalue weighted by Gasteiger charge is -2.12. The van der Waals surface area contributed by atoms with Crippen LogP contribution in [0.15, 0.2) is 86.5 Å². The smallest absolute Gasteiger partial charge is 0.270 e. The van der Waals surface area contributed by atoms with Crippen LogP contribution in [0.1, 0.15) is 22.5 Å². The molecule has 4 rings (SSSR count). The quantitative estimate of drug-likeness (QED) is 0.229. The molecule has 1 fully saturated rings. The number of nitrogens with zero attached hydrogens (tertiary/aromatic N) is 4. The van der Waals surface area contributed by atoms with Gasteiger partial charge in [-0.25, -0.2) is 0 Å². The zero-order valence-corrected chi connectivity index (χ0v) is 17.9. The lowest BCUT2D eigenvalue weighted by atomic mass is 10.1. The first kappa shape index (κ1) is 21.3. The molecule has 8 nitrogen and oxygen atoms in total. The second-order valence-corrected chi connectivity index (χ2v) is 7.93. The summed E-state index contributed by atoms with van der Waals surface area (Å²) in [6.45, 7) is 2.18. The maximum atomic E-state index is 13.1. The van der Waals surface area contributed by atoms with Crippen molar-refractivity contribution >= 4 is 40.8 Å². The number of carbonyl (C=O) groups is 1. The van der Waals surface area contributed by atoms with Gasteiger partial charge in [-0.05, 0) is 53.6 Å². The minimum absolute atomic E-state index is 0.0426. The summed E-state index contributed by atoms with van der Waals surface area (Å²) in [4.78, 5) is 25.5. The van der Waals surface area contributed by atoms with E-state index in [1.807, 2.05) is 31.2 Å². The van der Waals surface area contributed by atoms with E-state index in [0.717, 1.165) is 22.9 Å². The standard InChI is InChI=1S/C23H18N4O4S/c1-16-6-2-3-8-18(16)14-24-25-23-26(15-20-10-5-11-31-20)22(28)21(32-23)13-17-7-4-9-19(12-17)27(29)30/h2-14H,15H2,1H3/b21-13-,24-14-,25-23+. The molecule has 2 heterocycles. The number of hydrogen-bond acceptors (Lipinski definition) is 7. The van der Waals surface area contributed by atoms with E-state index >= 15 is 0 Å². The van der Waals surface area contributed by atoms with Crippen molar-refractivity contribution in [1.82, 2.24) is 4.90 Å². The summed E-state index contributed by atoms with van der Waals surface area (Å²) >= 11 is 1.16. The van der Waals surface area contributed by atoms with E-state index in [0.29, 0.717) is 21.4 Å². The number of thioether (sulfide) groups is 1. The SMILES string of the molecule is Cc1ccccc1/C=N\N=C1\S/C(=C\c2cccc([N+](=O)[O-])c2)C(=O)N1Cc1ccco1. The predicted molar refractivity (Wildman–Crippen MR) is 124 cm³/mol. The molecular formula is C23H18N4O4S. The van der Waals surface area contributed by atoms with Crippen molar-refractivity contribution in [2.75, 3.05) is 0 Å². The first-order valence-electron chi connectivity index (χ1n) is 9.66. The van der Waals surface area contributed by atoms with Gasteiger partial charge in [0.25, 0.3) is 11.6 Å². The highest BCUT2D eigenvalue weighted by molar-refractivity contribution is 8.18. The second-order valence-electron chi connectivity index (χ2n) is 6.92. The normalized spacial score (nSPS) is 16.5. The fourth-order valence-corrected chi connectivity index (χ4v) is 3.97. The molecule has 1 amide bonds. The third-order valence-corrected chi connectivity index (χ3v) is 5.69. The van der Waals surface area contributed by atoms with E-state index in [-0.39, 0.29) is 18.1 Å². The molecule has 9 heteroatoms. The molecule has 0 unspecified atom stereocenters. The summed E-state index contributed by atoms with van der Waals surface area (Å²) in [5.41, 5.74) is 2.50. The molecule has 2 aromatic carbocycles. The number of amidine groups is 1. The van der Waals surface area contributed by atoms with Gasteiger partial charge < -0.3 is 4.42 Å². The Hall–Kier alpha value is -3.98. The Bertz CT molecular complexity index is 1250. The number of nitro benzene ring substituents is 1. The zero-order valence-electron chi connectivity index (χ0n) is 17.0. The maximum absolute atomic E-state index is 13.1. The first-order valence-corrected chi connectivity index (χ1v) is 10.5. The Labute approximate surface area is 188 Å². The molecule has 32 heavy (non-hydrogen) atoms. The topological polar surface area (TPSA) is 101 Å². The van der Waals surface area contributed by atoms with Gasteiger partial charge in [0.1, 0.15) is 5.76 Å². The molecule has 1 aliphatic rings. The number of benzene rings is 2. The molecule has 0 saturated carbocycles. The fourth-order valence-electron chi connectivity index (χ4n) is 3.03. The largest absolute Gasteiger partial charge is 0.467 e. The Morgan fingerprint density at radius 1 is 1.16 bits per heavy atom. The van der Waals surface area contributed by atoms with Crippen LogP contribution in [-0.2, 0) is 11.3 Å². The summed E-state index contributed by atoms with van der Waals surface area (Å²) < 4.78 is 5.39. The zero-order chi connectivity index (χ0) is 22.5. The van der Waals surface area contributed by atoms with E-state index in [9.17, 15) is 14.9 Å². The molecule has 1 aliphatic heterocycles. The average Bonchev–Trinajstić information content (AvgIpc) is 3.40. The number of aryl methyl sites for hydroxylation is 1. The summed E-state index contributed by atoms with van der Waals surface area (Å²) in [7, 11) is 0. The molecule has 3 aromatic rings. The summed E-state index contributed by atoms with van der Waals surface area (Å²) in [6.07, 6.45) is 4.79. The number of hydrogen-bond donors (Lipinski definition) is 0. The molecule has 0 bridgehead atoms. The number of nitro groups is 1. The minimum Gasteiger partial charge on any atom is -0.467 e. The van der Waals surface area contributed by atoms with Crippen LogP contribution in [0.25, 0.3) is 6.08 Å². The van der Waals surface area contributed by atoms with E-state index in [1.54, 1.807) is 36.6 Å². The van der Waals surface area contributed by atoms with Crippen LogP contribution in [0.3, 0.4) is 0 Å². The molecule has 0 atom stereocenters. The Morgan fingerprint density at radius 3 is 2.75 bits per heavy atom. The Balaban J connectivity index is 1.64. The average molecular weight is 446 g/mol. The van der Waals surface area contributed by atoms with Crippen LogP contribution in [0.2, 0.25) is 0 Å². The van der Waals surface area contributed by atoms with Gasteiger partial charge in [0.2, 0.25) is 0 Å². The number of carbonyl (C=O) groups excluding carboxylic acids is 1. The van der Waals surface area contributed by atoms with Gasteiger partial charge in [0, 0.05) is 12.1 Å². The van der Waals surface area contributed by atoms with Crippen molar-refractivity contribution in [1.29, 1.82) is 0 Å². The van der Waals surface area contributed by atoms with Gasteiger partial charge in [-0.2, -0.15) is 5.10 Å². The van der Waals surface area contributed by atoms with E-state index in [2.05, 4.69) is 10.2 Å². The second kappa shape index (κ2) is 9.44. The predicted octanol–water partition coefficient (Wildman–Crippen LogP) is 5.00. The number of non-ortho nitro benzene ring substituents is 1. The Morgan fingerprint density at radius 2 is 2.00 bits per heavy atom. The molecule has 1 saturated heterocycles. The molecule has 0 N–H and O–H groups in total. The van der Waals surface area contributed by atoms with Gasteiger partial charge >= 0.3 is 0 Å². The van der Waals surface area contributed by atoms with Crippen molar-refractivity contribution in [3.05, 3.63) is 104 Å². The highest BCUT2D eigenvalue weighted by Crippen LogP contribution is 2.34.